The number of aromatic nitrogens is 7. The zero-order valence-corrected chi connectivity index (χ0v) is 16.7. The van der Waals surface area contributed by atoms with E-state index in [2.05, 4.69) is 41.5 Å². The van der Waals surface area contributed by atoms with Crippen LogP contribution in [-0.4, -0.2) is 40.2 Å². The van der Waals surface area contributed by atoms with Crippen LogP contribution < -0.4 is 5.32 Å². The smallest absolute Gasteiger partial charge is 0.278 e. The summed E-state index contributed by atoms with van der Waals surface area (Å²) in [7, 11) is 0. The minimum Gasteiger partial charge on any atom is -0.288 e. The molecule has 0 saturated carbocycles. The van der Waals surface area contributed by atoms with Crippen LogP contribution in [0.3, 0.4) is 0 Å². The number of benzene rings is 1. The number of nitrogens with one attached hydrogen (secondary N) is 1. The maximum Gasteiger partial charge on any atom is 0.278 e. The Labute approximate surface area is 173 Å². The number of rotatable bonds is 6. The van der Waals surface area contributed by atoms with Crippen molar-refractivity contribution in [1.82, 2.24) is 34.3 Å². The molecule has 0 fully saturated rings. The van der Waals surface area contributed by atoms with Crippen LogP contribution in [0.4, 0.5) is 5.95 Å². The fourth-order valence-corrected chi connectivity index (χ4v) is 3.04. The predicted molar refractivity (Wildman–Crippen MR) is 106 cm³/mol. The van der Waals surface area contributed by atoms with Gasteiger partial charge in [-0.05, 0) is 33.6 Å². The summed E-state index contributed by atoms with van der Waals surface area (Å²) in [5, 5.41) is 15.9. The second-order valence-electron chi connectivity index (χ2n) is 5.89. The molecule has 142 valence electrons. The highest BCUT2D eigenvalue weighted by atomic mass is 79.9. The molecular weight excluding hydrogens is 448 g/mol. The molecule has 0 bridgehead atoms. The van der Waals surface area contributed by atoms with Gasteiger partial charge in [0.15, 0.2) is 5.69 Å². The predicted octanol–water partition coefficient (Wildman–Crippen LogP) is 2.89. The van der Waals surface area contributed by atoms with Gasteiger partial charge in [-0.3, -0.25) is 14.8 Å². The second kappa shape index (κ2) is 7.95. The lowest BCUT2D eigenvalue weighted by Crippen LogP contribution is -2.16. The number of anilines is 1. The van der Waals surface area contributed by atoms with Crippen LogP contribution in [0.5, 0.6) is 0 Å². The molecule has 11 heteroatoms. The molecule has 1 amide bonds. The van der Waals surface area contributed by atoms with Gasteiger partial charge in [0.05, 0.1) is 17.2 Å². The number of hydrogen-bond acceptors (Lipinski definition) is 5. The summed E-state index contributed by atoms with van der Waals surface area (Å²) >= 11 is 9.49. The number of halogens is 2. The van der Waals surface area contributed by atoms with Gasteiger partial charge in [-0.1, -0.05) is 29.8 Å². The Morgan fingerprint density at radius 1 is 1.14 bits per heavy atom. The molecule has 0 radical (unpaired) electrons. The third kappa shape index (κ3) is 4.29. The van der Waals surface area contributed by atoms with Crippen molar-refractivity contribution in [1.29, 1.82) is 0 Å². The molecule has 1 aromatic carbocycles. The second-order valence-corrected chi connectivity index (χ2v) is 7.21. The van der Waals surface area contributed by atoms with Crippen molar-refractivity contribution in [3.05, 3.63) is 76.0 Å². The zero-order valence-electron chi connectivity index (χ0n) is 14.4. The average Bonchev–Trinajstić information content (AvgIpc) is 3.40. The Bertz CT molecular complexity index is 1120. The molecule has 0 saturated heterocycles. The standard InChI is InChI=1S/C17H14BrClN8O/c18-13-7-21-27(9-13)11-25-6-5-15(23-25)16(28)22-17-20-10-26(24-17)8-12-3-1-2-4-14(12)19/h1-7,9-10H,8,11H2,(H,22,24,28). The Kier molecular flexibility index (Phi) is 5.22. The van der Waals surface area contributed by atoms with Crippen LogP contribution in [-0.2, 0) is 13.2 Å². The van der Waals surface area contributed by atoms with Crippen molar-refractivity contribution in [3.8, 4) is 0 Å². The Morgan fingerprint density at radius 3 is 2.79 bits per heavy atom. The van der Waals surface area contributed by atoms with Crippen LogP contribution in [0.1, 0.15) is 16.1 Å². The fourth-order valence-electron chi connectivity index (χ4n) is 2.52. The highest BCUT2D eigenvalue weighted by molar-refractivity contribution is 9.10. The van der Waals surface area contributed by atoms with Crippen molar-refractivity contribution in [2.24, 2.45) is 0 Å². The molecule has 0 spiro atoms. The van der Waals surface area contributed by atoms with E-state index in [-0.39, 0.29) is 11.6 Å². The monoisotopic (exact) mass is 460 g/mol. The summed E-state index contributed by atoms with van der Waals surface area (Å²) < 4.78 is 5.77. The van der Waals surface area contributed by atoms with Crippen LogP contribution in [0, 0.1) is 0 Å². The highest BCUT2D eigenvalue weighted by Crippen LogP contribution is 2.16. The van der Waals surface area contributed by atoms with Gasteiger partial charge in [0.1, 0.15) is 13.0 Å². The molecule has 4 rings (SSSR count). The lowest BCUT2D eigenvalue weighted by molar-refractivity contribution is 0.102. The van der Waals surface area contributed by atoms with E-state index in [9.17, 15) is 4.79 Å². The Balaban J connectivity index is 1.39. The number of carbonyl (C=O) groups is 1. The van der Waals surface area contributed by atoms with Crippen molar-refractivity contribution >= 4 is 39.4 Å². The molecule has 0 atom stereocenters. The molecule has 9 nitrogen and oxygen atoms in total. The van der Waals surface area contributed by atoms with Gasteiger partial charge in [0.25, 0.3) is 5.91 Å². The first-order valence-electron chi connectivity index (χ1n) is 8.22. The largest absolute Gasteiger partial charge is 0.288 e. The molecule has 1 N–H and O–H groups in total. The molecule has 3 aromatic heterocycles. The SMILES string of the molecule is O=C(Nc1ncn(Cc2ccccc2Cl)n1)c1ccn(Cn2cc(Br)cn2)n1. The van der Waals surface area contributed by atoms with E-state index >= 15 is 0 Å². The van der Waals surface area contributed by atoms with Gasteiger partial charge in [-0.2, -0.15) is 10.2 Å². The number of carbonyl (C=O) groups excluding carboxylic acids is 1. The van der Waals surface area contributed by atoms with Gasteiger partial charge in [0, 0.05) is 17.4 Å². The summed E-state index contributed by atoms with van der Waals surface area (Å²) in [4.78, 5) is 16.5. The van der Waals surface area contributed by atoms with E-state index in [0.29, 0.717) is 18.2 Å². The summed E-state index contributed by atoms with van der Waals surface area (Å²) in [6, 6.07) is 9.11. The first kappa shape index (κ1) is 18.4. The quantitative estimate of drug-likeness (QED) is 0.476. The van der Waals surface area contributed by atoms with Gasteiger partial charge in [-0.25, -0.2) is 14.3 Å². The van der Waals surface area contributed by atoms with E-state index in [4.69, 9.17) is 11.6 Å². The zero-order chi connectivity index (χ0) is 19.5. The lowest BCUT2D eigenvalue weighted by atomic mass is 10.2. The average molecular weight is 462 g/mol. The fraction of sp³-hybridized carbons (Fsp3) is 0.118. The van der Waals surface area contributed by atoms with E-state index in [0.717, 1.165) is 10.0 Å². The number of hydrogen-bond donors (Lipinski definition) is 1. The minimum atomic E-state index is -0.393. The first-order chi connectivity index (χ1) is 13.6. The summed E-state index contributed by atoms with van der Waals surface area (Å²) in [6.45, 7) is 0.847. The number of amides is 1. The summed E-state index contributed by atoms with van der Waals surface area (Å²) in [5.74, 6) is -0.196. The maximum atomic E-state index is 12.4. The summed E-state index contributed by atoms with van der Waals surface area (Å²) in [5.41, 5.74) is 1.17. The molecule has 28 heavy (non-hydrogen) atoms. The van der Waals surface area contributed by atoms with Crippen LogP contribution >= 0.6 is 27.5 Å². The van der Waals surface area contributed by atoms with Crippen LogP contribution in [0.15, 0.2) is 59.7 Å². The first-order valence-corrected chi connectivity index (χ1v) is 9.39. The van der Waals surface area contributed by atoms with Crippen molar-refractivity contribution in [3.63, 3.8) is 0 Å². The minimum absolute atomic E-state index is 0.197. The van der Waals surface area contributed by atoms with Crippen molar-refractivity contribution < 1.29 is 4.79 Å². The lowest BCUT2D eigenvalue weighted by Gasteiger charge is -2.03. The molecule has 0 aliphatic heterocycles. The van der Waals surface area contributed by atoms with Crippen LogP contribution in [0.25, 0.3) is 0 Å². The van der Waals surface area contributed by atoms with Gasteiger partial charge in [-0.15, -0.1) is 5.10 Å². The van der Waals surface area contributed by atoms with Crippen molar-refractivity contribution in [2.45, 2.75) is 13.2 Å². The number of nitrogens with zero attached hydrogens (tertiary/aromatic N) is 7. The summed E-state index contributed by atoms with van der Waals surface area (Å²) in [6.07, 6.45) is 6.74. The Hall–Kier alpha value is -2.98. The maximum absolute atomic E-state index is 12.4. The third-order valence-electron chi connectivity index (χ3n) is 3.82. The normalized spacial score (nSPS) is 10.9. The topological polar surface area (TPSA) is 95.5 Å². The van der Waals surface area contributed by atoms with Crippen molar-refractivity contribution in [2.75, 3.05) is 5.32 Å². The van der Waals surface area contributed by atoms with E-state index in [1.807, 2.05) is 30.5 Å². The molecule has 3 heterocycles. The van der Waals surface area contributed by atoms with Gasteiger partial charge >= 0.3 is 0 Å². The molecule has 0 aliphatic rings. The highest BCUT2D eigenvalue weighted by Gasteiger charge is 2.13. The molecule has 4 aromatic rings. The van der Waals surface area contributed by atoms with Gasteiger partial charge in [0.2, 0.25) is 5.95 Å². The Morgan fingerprint density at radius 2 is 2.00 bits per heavy atom. The van der Waals surface area contributed by atoms with Crippen LogP contribution in [0.2, 0.25) is 5.02 Å². The molecule has 0 unspecified atom stereocenters. The third-order valence-corrected chi connectivity index (χ3v) is 4.60. The van der Waals surface area contributed by atoms with E-state index in [1.54, 1.807) is 32.5 Å². The van der Waals surface area contributed by atoms with Gasteiger partial charge < -0.3 is 0 Å². The molecule has 0 aliphatic carbocycles. The van der Waals surface area contributed by atoms with E-state index < -0.39 is 5.91 Å². The molecular formula is C17H14BrClN8O. The van der Waals surface area contributed by atoms with E-state index in [1.165, 1.54) is 6.33 Å².